The van der Waals surface area contributed by atoms with Gasteiger partial charge in [-0.2, -0.15) is 0 Å². The Bertz CT molecular complexity index is 1710. The molecule has 2 aromatic carbocycles. The summed E-state index contributed by atoms with van der Waals surface area (Å²) in [4.78, 5) is 16.0. The van der Waals surface area contributed by atoms with Gasteiger partial charge in [-0.25, -0.2) is 0 Å². The van der Waals surface area contributed by atoms with E-state index >= 15 is 0 Å². The van der Waals surface area contributed by atoms with Crippen LogP contribution in [-0.2, 0) is 20.0 Å². The van der Waals surface area contributed by atoms with Gasteiger partial charge in [0.25, 0.3) is 0 Å². The van der Waals surface area contributed by atoms with Crippen LogP contribution in [0.5, 0.6) is 0 Å². The Kier molecular flexibility index (Phi) is 8.04. The molecule has 3 heterocycles. The predicted octanol–water partition coefficient (Wildman–Crippen LogP) is 4.20. The summed E-state index contributed by atoms with van der Waals surface area (Å²) < 4.78 is 59.4. The maximum absolute atomic E-state index is 12.8. The van der Waals surface area contributed by atoms with Crippen LogP contribution in [0, 0.1) is 13.8 Å². The van der Waals surface area contributed by atoms with E-state index in [1.807, 2.05) is 0 Å². The minimum atomic E-state index is -4.31. The van der Waals surface area contributed by atoms with E-state index in [2.05, 4.69) is 29.4 Å². The molecule has 1 aliphatic heterocycles. The van der Waals surface area contributed by atoms with E-state index in [0.29, 0.717) is 22.8 Å². The molecule has 0 unspecified atom stereocenters. The molecular weight excluding hydrogens is 718 g/mol. The van der Waals surface area contributed by atoms with E-state index in [0.717, 1.165) is 0 Å². The van der Waals surface area contributed by atoms with Gasteiger partial charge in [0.05, 0.1) is 0 Å². The standard InChI is InChI=1S/C24H22N8O4S2.2ClH.Sn/c1-17-11-13-27-23(29-17)31-37(33,34)21-7-3-19(4-8-21)25-15-16-26-20-5-9-22(10-6-20)38(35,36)32-24-28-14-12-18(2)30-24;;;/h3-16H,1-2H3,(H,27,29,31)(H,28,30,32);2*1H;/q-2;;;+4/p-2. The summed E-state index contributed by atoms with van der Waals surface area (Å²) >= 11 is -4.31. The molecule has 1 aliphatic rings. The molecule has 0 atom stereocenters. The van der Waals surface area contributed by atoms with E-state index in [4.69, 9.17) is 17.8 Å². The molecule has 0 saturated heterocycles. The van der Waals surface area contributed by atoms with Crippen molar-refractivity contribution < 1.29 is 16.8 Å². The van der Waals surface area contributed by atoms with Crippen molar-refractivity contribution in [2.75, 3.05) is 15.7 Å². The van der Waals surface area contributed by atoms with Crippen molar-refractivity contribution in [1.29, 1.82) is 0 Å². The number of rotatable bonds is 8. The average molecular weight is 740 g/mol. The molecule has 12 nitrogen and oxygen atoms in total. The van der Waals surface area contributed by atoms with Crippen molar-refractivity contribution in [1.82, 2.24) is 19.9 Å². The normalized spacial score (nSPS) is 14.7. The summed E-state index contributed by atoms with van der Waals surface area (Å²) in [6.07, 6.45) is 6.34. The first-order chi connectivity index (χ1) is 19.3. The number of anilines is 4. The van der Waals surface area contributed by atoms with Crippen LogP contribution in [0.15, 0.2) is 95.2 Å². The Morgan fingerprint density at radius 2 is 1.00 bits per heavy atom. The van der Waals surface area contributed by atoms with Gasteiger partial charge in [0.2, 0.25) is 0 Å². The predicted molar refractivity (Wildman–Crippen MR) is 160 cm³/mol. The average Bonchev–Trinajstić information content (AvgIpc) is 3.22. The van der Waals surface area contributed by atoms with Gasteiger partial charge < -0.3 is 0 Å². The molecule has 0 amide bonds. The van der Waals surface area contributed by atoms with Gasteiger partial charge in [-0.3, -0.25) is 0 Å². The van der Waals surface area contributed by atoms with Crippen molar-refractivity contribution in [3.8, 4) is 0 Å². The summed E-state index contributed by atoms with van der Waals surface area (Å²) in [5, 5.41) is 0. The monoisotopic (exact) mass is 740 g/mol. The Labute approximate surface area is 249 Å². The van der Waals surface area contributed by atoms with Gasteiger partial charge in [-0.15, -0.1) is 0 Å². The molecule has 17 heteroatoms. The number of sulfonamides is 2. The fraction of sp³-hybridized carbons (Fsp3) is 0.0833. The van der Waals surface area contributed by atoms with Crippen molar-refractivity contribution in [2.45, 2.75) is 23.6 Å². The summed E-state index contributed by atoms with van der Waals surface area (Å²) in [7, 11) is 6.04. The van der Waals surface area contributed by atoms with E-state index < -0.39 is 36.7 Å². The molecule has 0 aliphatic carbocycles. The van der Waals surface area contributed by atoms with E-state index in [1.54, 1.807) is 68.9 Å². The zero-order chi connectivity index (χ0) is 29.4. The Balaban J connectivity index is 1.31. The zero-order valence-electron chi connectivity index (χ0n) is 21.5. The summed E-state index contributed by atoms with van der Waals surface area (Å²) in [6.45, 7) is 3.46. The molecule has 2 N–H and O–H groups in total. The number of aryl methyl sites for hydroxylation is 2. The first kappa shape index (κ1) is 29.3. The second-order valence-electron chi connectivity index (χ2n) is 8.79. The number of benzene rings is 2. The van der Waals surface area contributed by atoms with E-state index in [9.17, 15) is 16.8 Å². The third kappa shape index (κ3) is 6.35. The fourth-order valence-electron chi connectivity index (χ4n) is 3.84. The number of halogens is 2. The molecular formula is C24H22Cl2N8O4S2Sn. The molecule has 212 valence electrons. The molecule has 2 aromatic heterocycles. The third-order valence-electron chi connectivity index (χ3n) is 5.84. The fourth-order valence-corrected chi connectivity index (χ4v) is 14.6. The number of hydrogen-bond acceptors (Lipinski definition) is 10. The van der Waals surface area contributed by atoms with Gasteiger partial charge >= 0.3 is 251 Å². The topological polar surface area (TPSA) is 150 Å². The second kappa shape index (κ2) is 11.2. The van der Waals surface area contributed by atoms with Gasteiger partial charge in [0, 0.05) is 0 Å². The first-order valence-corrected chi connectivity index (χ1v) is 24.6. The van der Waals surface area contributed by atoms with Gasteiger partial charge in [0.1, 0.15) is 0 Å². The Hall–Kier alpha value is -3.18. The number of nitrogens with one attached hydrogen (secondary N) is 2. The summed E-state index contributed by atoms with van der Waals surface area (Å²) in [5.74, 6) is -0.0518. The molecule has 0 spiro atoms. The van der Waals surface area contributed by atoms with Crippen molar-refractivity contribution in [2.24, 2.45) is 0 Å². The van der Waals surface area contributed by atoms with Crippen LogP contribution >= 0.6 is 17.8 Å². The molecule has 5 rings (SSSR count). The van der Waals surface area contributed by atoms with Crippen LogP contribution in [0.4, 0.5) is 23.3 Å². The van der Waals surface area contributed by atoms with Crippen LogP contribution in [0.3, 0.4) is 0 Å². The third-order valence-corrected chi connectivity index (χ3v) is 19.0. The van der Waals surface area contributed by atoms with Crippen LogP contribution in [-0.4, -0.2) is 53.4 Å². The minimum absolute atomic E-state index is 0.0119. The van der Waals surface area contributed by atoms with Crippen molar-refractivity contribution in [3.63, 3.8) is 0 Å². The van der Waals surface area contributed by atoms with E-state index in [-0.39, 0.29) is 21.7 Å². The zero-order valence-corrected chi connectivity index (χ0v) is 27.5. The van der Waals surface area contributed by atoms with Crippen LogP contribution in [0.2, 0.25) is 0 Å². The van der Waals surface area contributed by atoms with E-state index in [1.165, 1.54) is 36.7 Å². The Morgan fingerprint density at radius 1 is 0.634 bits per heavy atom. The summed E-state index contributed by atoms with van der Waals surface area (Å²) in [5.41, 5.74) is 2.43. The quantitative estimate of drug-likeness (QED) is 0.252. The first-order valence-electron chi connectivity index (χ1n) is 11.9. The SMILES string of the molecule is Cc1ccnc(NS(=O)(=O)c2ccc([N]3C=C[N](c4ccc(S(=O)(=O)Nc5nccc(C)n5)cc4)[Sn]3([Cl])[Cl])cc2)n1. The number of nitrogens with zero attached hydrogens (tertiary/aromatic N) is 6. The molecule has 0 bridgehead atoms. The molecule has 0 fully saturated rings. The maximum atomic E-state index is 12.8. The van der Waals surface area contributed by atoms with Gasteiger partial charge in [0.15, 0.2) is 0 Å². The summed E-state index contributed by atoms with van der Waals surface area (Å²) in [6, 6.07) is 15.5. The molecule has 0 saturated carbocycles. The van der Waals surface area contributed by atoms with Crippen molar-refractivity contribution >= 4 is 77.8 Å². The Morgan fingerprint density at radius 3 is 1.34 bits per heavy atom. The molecule has 41 heavy (non-hydrogen) atoms. The number of hydrogen-bond donors (Lipinski definition) is 2. The molecule has 4 aromatic rings. The number of aromatic nitrogens is 4. The van der Waals surface area contributed by atoms with Crippen LogP contribution in [0.1, 0.15) is 11.4 Å². The van der Waals surface area contributed by atoms with Crippen LogP contribution < -0.4 is 15.7 Å². The van der Waals surface area contributed by atoms with Crippen LogP contribution in [0.25, 0.3) is 0 Å². The van der Waals surface area contributed by atoms with Gasteiger partial charge in [-0.05, 0) is 0 Å². The van der Waals surface area contributed by atoms with Crippen molar-refractivity contribution in [3.05, 3.63) is 96.8 Å². The van der Waals surface area contributed by atoms with Gasteiger partial charge in [-0.1, -0.05) is 0 Å². The molecule has 0 radical (unpaired) electrons. The second-order valence-corrected chi connectivity index (χ2v) is 26.2.